The third kappa shape index (κ3) is 3.87. The Morgan fingerprint density at radius 3 is 2.86 bits per heavy atom. The van der Waals surface area contributed by atoms with E-state index in [4.69, 9.17) is 0 Å². The zero-order valence-corrected chi connectivity index (χ0v) is 16.1. The lowest BCUT2D eigenvalue weighted by molar-refractivity contribution is 0.0766. The van der Waals surface area contributed by atoms with Gasteiger partial charge in [-0.05, 0) is 37.1 Å². The van der Waals surface area contributed by atoms with Gasteiger partial charge < -0.3 is 9.88 Å². The van der Waals surface area contributed by atoms with Gasteiger partial charge in [0.25, 0.3) is 5.91 Å². The summed E-state index contributed by atoms with van der Waals surface area (Å²) in [5, 5.41) is 1.17. The van der Waals surface area contributed by atoms with Crippen molar-refractivity contribution in [3.05, 3.63) is 84.2 Å². The van der Waals surface area contributed by atoms with E-state index in [1.165, 1.54) is 35.6 Å². The van der Waals surface area contributed by atoms with Crippen molar-refractivity contribution < 1.29 is 9.18 Å². The van der Waals surface area contributed by atoms with Crippen molar-refractivity contribution in [2.45, 2.75) is 13.3 Å². The van der Waals surface area contributed by atoms with Crippen LogP contribution in [0, 0.1) is 5.82 Å². The van der Waals surface area contributed by atoms with E-state index in [2.05, 4.69) is 21.0 Å². The zero-order valence-electron chi connectivity index (χ0n) is 16.1. The Labute approximate surface area is 168 Å². The number of halogens is 1. The molecule has 0 atom stereocenters. The molecule has 29 heavy (non-hydrogen) atoms. The maximum absolute atomic E-state index is 13.7. The van der Waals surface area contributed by atoms with Gasteiger partial charge in [0, 0.05) is 41.9 Å². The molecule has 2 aromatic heterocycles. The van der Waals surface area contributed by atoms with Crippen LogP contribution in [0.15, 0.2) is 67.3 Å². The van der Waals surface area contributed by atoms with Gasteiger partial charge in [-0.25, -0.2) is 14.4 Å². The van der Waals surface area contributed by atoms with Gasteiger partial charge in [0.2, 0.25) is 0 Å². The number of nitrogens with zero attached hydrogens (tertiary/aromatic N) is 3. The highest BCUT2D eigenvalue weighted by molar-refractivity contribution is 5.99. The number of para-hydroxylation sites is 1. The molecule has 0 spiro atoms. The van der Waals surface area contributed by atoms with E-state index in [9.17, 15) is 9.18 Å². The van der Waals surface area contributed by atoms with Crippen LogP contribution in [0.2, 0.25) is 0 Å². The first-order valence-corrected chi connectivity index (χ1v) is 9.57. The van der Waals surface area contributed by atoms with Crippen LogP contribution in [0.25, 0.3) is 22.2 Å². The number of rotatable bonds is 6. The number of hydrogen-bond donors (Lipinski definition) is 1. The molecular formula is C23H21FN4O. The number of H-pyrrole nitrogens is 1. The molecule has 0 saturated heterocycles. The number of likely N-dealkylation sites (N-methyl/N-ethyl adjacent to an activating group) is 1. The Balaban J connectivity index is 1.58. The third-order valence-electron chi connectivity index (χ3n) is 5.04. The summed E-state index contributed by atoms with van der Waals surface area (Å²) < 4.78 is 13.7. The Hall–Kier alpha value is -3.54. The van der Waals surface area contributed by atoms with Crippen LogP contribution in [0.5, 0.6) is 0 Å². The number of amides is 1. The number of carbonyl (C=O) groups is 1. The first-order valence-electron chi connectivity index (χ1n) is 9.57. The van der Waals surface area contributed by atoms with Crippen LogP contribution in [0.4, 0.5) is 4.39 Å². The number of nitrogens with one attached hydrogen (secondary N) is 1. The summed E-state index contributed by atoms with van der Waals surface area (Å²) >= 11 is 0. The Morgan fingerprint density at radius 2 is 2.03 bits per heavy atom. The molecule has 0 aliphatic carbocycles. The van der Waals surface area contributed by atoms with Gasteiger partial charge in [0.05, 0.1) is 11.3 Å². The number of hydrogen-bond acceptors (Lipinski definition) is 3. The monoisotopic (exact) mass is 388 g/mol. The molecule has 0 bridgehead atoms. The summed E-state index contributed by atoms with van der Waals surface area (Å²) in [7, 11) is 0. The van der Waals surface area contributed by atoms with E-state index in [0.29, 0.717) is 29.9 Å². The molecule has 2 heterocycles. The van der Waals surface area contributed by atoms with Gasteiger partial charge in [-0.3, -0.25) is 4.79 Å². The van der Waals surface area contributed by atoms with Crippen LogP contribution < -0.4 is 0 Å². The first kappa shape index (κ1) is 18.8. The van der Waals surface area contributed by atoms with Crippen molar-refractivity contribution in [2.75, 3.05) is 13.1 Å². The first-order chi connectivity index (χ1) is 14.2. The van der Waals surface area contributed by atoms with Gasteiger partial charge in [-0.15, -0.1) is 0 Å². The highest BCUT2D eigenvalue weighted by Gasteiger charge is 2.20. The lowest BCUT2D eigenvalue weighted by Gasteiger charge is -2.21. The number of carbonyl (C=O) groups excluding carboxylic acids is 1. The van der Waals surface area contributed by atoms with Gasteiger partial charge in [-0.1, -0.05) is 30.3 Å². The molecule has 5 nitrogen and oxygen atoms in total. The van der Waals surface area contributed by atoms with Crippen LogP contribution in [0.3, 0.4) is 0 Å². The standard InChI is InChI=1S/C23H21FN4O/c1-2-28(11-10-17-13-26-21-9-4-3-8-19(17)21)23(29)20-14-25-15-27-22(20)16-6-5-7-18(24)12-16/h3-9,12-15,26H,2,10-11H2,1H3. The van der Waals surface area contributed by atoms with Gasteiger partial charge >= 0.3 is 0 Å². The second kappa shape index (κ2) is 8.22. The van der Waals surface area contributed by atoms with Crippen molar-refractivity contribution in [3.63, 3.8) is 0 Å². The number of benzene rings is 2. The molecule has 0 unspecified atom stereocenters. The summed E-state index contributed by atoms with van der Waals surface area (Å²) in [6.45, 7) is 3.06. The number of aromatic amines is 1. The minimum atomic E-state index is -0.369. The SMILES string of the molecule is CCN(CCc1c[nH]c2ccccc12)C(=O)c1cncnc1-c1cccc(F)c1. The Kier molecular flexibility index (Phi) is 5.33. The molecule has 6 heteroatoms. The van der Waals surface area contributed by atoms with Crippen molar-refractivity contribution >= 4 is 16.8 Å². The molecule has 0 aliphatic heterocycles. The minimum Gasteiger partial charge on any atom is -0.361 e. The predicted molar refractivity (Wildman–Crippen MR) is 111 cm³/mol. The van der Waals surface area contributed by atoms with E-state index in [-0.39, 0.29) is 11.7 Å². The van der Waals surface area contributed by atoms with Crippen LogP contribution in [-0.2, 0) is 6.42 Å². The smallest absolute Gasteiger partial charge is 0.257 e. The maximum Gasteiger partial charge on any atom is 0.257 e. The summed E-state index contributed by atoms with van der Waals surface area (Å²) in [6.07, 6.45) is 5.60. The van der Waals surface area contributed by atoms with E-state index >= 15 is 0 Å². The van der Waals surface area contributed by atoms with E-state index in [1.54, 1.807) is 17.0 Å². The van der Waals surface area contributed by atoms with Crippen LogP contribution in [0.1, 0.15) is 22.8 Å². The lowest BCUT2D eigenvalue weighted by Crippen LogP contribution is -2.33. The van der Waals surface area contributed by atoms with E-state index in [0.717, 1.165) is 11.9 Å². The minimum absolute atomic E-state index is 0.160. The molecule has 146 valence electrons. The van der Waals surface area contributed by atoms with Crippen LogP contribution in [-0.4, -0.2) is 38.8 Å². The predicted octanol–water partition coefficient (Wildman–Crippen LogP) is 4.47. The van der Waals surface area contributed by atoms with Gasteiger partial charge in [0.1, 0.15) is 12.1 Å². The lowest BCUT2D eigenvalue weighted by atomic mass is 10.1. The maximum atomic E-state index is 13.7. The molecule has 1 N–H and O–H groups in total. The van der Waals surface area contributed by atoms with Gasteiger partial charge in [0.15, 0.2) is 0 Å². The molecule has 0 saturated carbocycles. The summed E-state index contributed by atoms with van der Waals surface area (Å²) in [6, 6.07) is 14.2. The zero-order chi connectivity index (χ0) is 20.2. The largest absolute Gasteiger partial charge is 0.361 e. The summed E-state index contributed by atoms with van der Waals surface area (Å²) in [4.78, 5) is 26.5. The second-order valence-electron chi connectivity index (χ2n) is 6.79. The topological polar surface area (TPSA) is 61.9 Å². The second-order valence-corrected chi connectivity index (χ2v) is 6.79. The molecule has 1 amide bonds. The Morgan fingerprint density at radius 1 is 1.17 bits per heavy atom. The van der Waals surface area contributed by atoms with E-state index in [1.807, 2.05) is 31.3 Å². The normalized spacial score (nSPS) is 11.0. The number of fused-ring (bicyclic) bond motifs is 1. The molecule has 2 aromatic carbocycles. The average molecular weight is 388 g/mol. The molecule has 4 aromatic rings. The highest BCUT2D eigenvalue weighted by Crippen LogP contribution is 2.23. The van der Waals surface area contributed by atoms with E-state index < -0.39 is 0 Å². The summed E-state index contributed by atoms with van der Waals surface area (Å²) in [5.74, 6) is -0.529. The van der Waals surface area contributed by atoms with Crippen molar-refractivity contribution in [1.29, 1.82) is 0 Å². The summed E-state index contributed by atoms with van der Waals surface area (Å²) in [5.41, 5.74) is 3.63. The molecule has 4 rings (SSSR count). The molecule has 0 radical (unpaired) electrons. The third-order valence-corrected chi connectivity index (χ3v) is 5.04. The van der Waals surface area contributed by atoms with Crippen LogP contribution >= 0.6 is 0 Å². The van der Waals surface area contributed by atoms with Crippen molar-refractivity contribution in [3.8, 4) is 11.3 Å². The van der Waals surface area contributed by atoms with Gasteiger partial charge in [-0.2, -0.15) is 0 Å². The Bertz CT molecular complexity index is 1150. The molecule has 0 fully saturated rings. The number of aromatic nitrogens is 3. The average Bonchev–Trinajstić information content (AvgIpc) is 3.17. The highest BCUT2D eigenvalue weighted by atomic mass is 19.1. The molecule has 0 aliphatic rings. The quantitative estimate of drug-likeness (QED) is 0.530. The fraction of sp³-hybridized carbons (Fsp3) is 0.174. The van der Waals surface area contributed by atoms with Crippen molar-refractivity contribution in [2.24, 2.45) is 0 Å². The molecular weight excluding hydrogens is 367 g/mol. The fourth-order valence-corrected chi connectivity index (χ4v) is 3.52. The fourth-order valence-electron chi connectivity index (χ4n) is 3.52. The van der Waals surface area contributed by atoms with Crippen molar-refractivity contribution in [1.82, 2.24) is 19.9 Å².